The maximum absolute atomic E-state index is 12.5. The number of ether oxygens (including phenoxy) is 1. The number of fused-ring (bicyclic) bond motifs is 1. The fourth-order valence-electron chi connectivity index (χ4n) is 2.28. The van der Waals surface area contributed by atoms with Gasteiger partial charge in [-0.05, 0) is 36.8 Å². The lowest BCUT2D eigenvalue weighted by Gasteiger charge is -2.08. The molecule has 0 aliphatic carbocycles. The number of halogens is 2. The van der Waals surface area contributed by atoms with Crippen molar-refractivity contribution in [1.82, 2.24) is 4.98 Å². The van der Waals surface area contributed by atoms with E-state index in [1.54, 1.807) is 36.4 Å². The van der Waals surface area contributed by atoms with Gasteiger partial charge in [0.2, 0.25) is 0 Å². The minimum Gasteiger partial charge on any atom is -0.449 e. The first-order valence-electron chi connectivity index (χ1n) is 8.07. The van der Waals surface area contributed by atoms with Crippen molar-refractivity contribution >= 4 is 67.6 Å². The van der Waals surface area contributed by atoms with Gasteiger partial charge in [0.15, 0.2) is 5.13 Å². The van der Waals surface area contributed by atoms with E-state index >= 15 is 0 Å². The number of carbonyl (C=O) groups is 2. The Morgan fingerprint density at radius 3 is 2.59 bits per heavy atom. The fourth-order valence-corrected chi connectivity index (χ4v) is 3.74. The molecule has 0 aliphatic heterocycles. The van der Waals surface area contributed by atoms with Gasteiger partial charge in [0.1, 0.15) is 0 Å². The molecule has 0 spiro atoms. The van der Waals surface area contributed by atoms with E-state index in [4.69, 9.17) is 27.9 Å². The maximum Gasteiger partial charge on any atom is 0.413 e. The highest BCUT2D eigenvalue weighted by atomic mass is 35.5. The van der Waals surface area contributed by atoms with Crippen LogP contribution in [0.15, 0.2) is 36.4 Å². The van der Waals surface area contributed by atoms with Gasteiger partial charge < -0.3 is 10.1 Å². The van der Waals surface area contributed by atoms with Gasteiger partial charge in [-0.15, -0.1) is 0 Å². The van der Waals surface area contributed by atoms with Crippen molar-refractivity contribution < 1.29 is 14.3 Å². The van der Waals surface area contributed by atoms with E-state index in [0.717, 1.165) is 11.1 Å². The summed E-state index contributed by atoms with van der Waals surface area (Å²) in [6, 6.07) is 10.1. The number of amides is 2. The zero-order chi connectivity index (χ0) is 19.4. The first-order valence-corrected chi connectivity index (χ1v) is 9.65. The van der Waals surface area contributed by atoms with Gasteiger partial charge in [0.05, 0.1) is 32.4 Å². The number of nitrogens with one attached hydrogen (secondary N) is 2. The second kappa shape index (κ2) is 8.56. The molecule has 0 radical (unpaired) electrons. The first-order chi connectivity index (χ1) is 13.0. The Morgan fingerprint density at radius 2 is 1.89 bits per heavy atom. The molecular weight excluding hydrogens is 409 g/mol. The molecule has 9 heteroatoms. The van der Waals surface area contributed by atoms with Crippen LogP contribution < -0.4 is 10.6 Å². The Kier molecular flexibility index (Phi) is 6.15. The lowest BCUT2D eigenvalue weighted by Crippen LogP contribution is -2.13. The first kappa shape index (κ1) is 19.4. The summed E-state index contributed by atoms with van der Waals surface area (Å²) in [5, 5.41) is 6.33. The van der Waals surface area contributed by atoms with Crippen LogP contribution >= 0.6 is 34.5 Å². The quantitative estimate of drug-likeness (QED) is 0.541. The summed E-state index contributed by atoms with van der Waals surface area (Å²) in [6.45, 7) is 2.26. The molecule has 3 aromatic rings. The number of benzene rings is 2. The highest BCUT2D eigenvalue weighted by molar-refractivity contribution is 7.22. The van der Waals surface area contributed by atoms with Gasteiger partial charge in [0.25, 0.3) is 5.91 Å². The van der Waals surface area contributed by atoms with Gasteiger partial charge in [-0.2, -0.15) is 0 Å². The van der Waals surface area contributed by atoms with Gasteiger partial charge >= 0.3 is 6.09 Å². The SMILES string of the molecule is CCCOC(=O)Nc1nc2ccc(NC(=O)c3c(Cl)cccc3Cl)cc2s1. The molecule has 3 rings (SSSR count). The van der Waals surface area contributed by atoms with Crippen LogP contribution in [-0.2, 0) is 4.74 Å². The number of rotatable bonds is 5. The van der Waals surface area contributed by atoms with Crippen LogP contribution in [0.3, 0.4) is 0 Å². The normalized spacial score (nSPS) is 10.6. The lowest BCUT2D eigenvalue weighted by atomic mass is 10.2. The topological polar surface area (TPSA) is 80.3 Å². The predicted molar refractivity (Wildman–Crippen MR) is 109 cm³/mol. The number of carbonyl (C=O) groups excluding carboxylic acids is 2. The van der Waals surface area contributed by atoms with Crippen molar-refractivity contribution in [3.8, 4) is 0 Å². The molecule has 2 amide bonds. The molecule has 2 N–H and O–H groups in total. The summed E-state index contributed by atoms with van der Waals surface area (Å²) in [5.41, 5.74) is 1.47. The molecule has 140 valence electrons. The minimum atomic E-state index is -0.544. The van der Waals surface area contributed by atoms with Crippen LogP contribution in [0.1, 0.15) is 23.7 Å². The van der Waals surface area contributed by atoms with Crippen molar-refractivity contribution in [2.45, 2.75) is 13.3 Å². The third kappa shape index (κ3) is 4.68. The van der Waals surface area contributed by atoms with Crippen LogP contribution in [0.25, 0.3) is 10.2 Å². The average molecular weight is 424 g/mol. The third-order valence-corrected chi connectivity index (χ3v) is 5.05. The molecule has 1 aromatic heterocycles. The molecule has 6 nitrogen and oxygen atoms in total. The molecule has 0 atom stereocenters. The van der Waals surface area contributed by atoms with E-state index in [2.05, 4.69) is 15.6 Å². The standard InChI is InChI=1S/C18H15Cl2N3O3S/c1-2-8-26-18(25)23-17-22-13-7-6-10(9-14(13)27-17)21-16(24)15-11(19)4-3-5-12(15)20/h3-7,9H,2,8H2,1H3,(H,21,24)(H,22,23,25). The van der Waals surface area contributed by atoms with Crippen molar-refractivity contribution in [3.05, 3.63) is 52.0 Å². The van der Waals surface area contributed by atoms with Crippen LogP contribution in [0.5, 0.6) is 0 Å². The van der Waals surface area contributed by atoms with E-state index in [9.17, 15) is 9.59 Å². The second-order valence-electron chi connectivity index (χ2n) is 5.51. The smallest absolute Gasteiger partial charge is 0.413 e. The number of anilines is 2. The molecule has 0 aliphatic rings. The summed E-state index contributed by atoms with van der Waals surface area (Å²) < 4.78 is 5.77. The van der Waals surface area contributed by atoms with Gasteiger partial charge in [-0.3, -0.25) is 10.1 Å². The van der Waals surface area contributed by atoms with Crippen molar-refractivity contribution in [2.75, 3.05) is 17.2 Å². The number of aromatic nitrogens is 1. The largest absolute Gasteiger partial charge is 0.449 e. The number of nitrogens with zero attached hydrogens (tertiary/aromatic N) is 1. The Bertz CT molecular complexity index is 986. The lowest BCUT2D eigenvalue weighted by molar-refractivity contribution is 0.102. The van der Waals surface area contributed by atoms with Crippen LogP contribution in [0.4, 0.5) is 15.6 Å². The predicted octanol–water partition coefficient (Wildman–Crippen LogP) is 5.81. The molecule has 27 heavy (non-hydrogen) atoms. The van der Waals surface area contributed by atoms with Crippen molar-refractivity contribution in [3.63, 3.8) is 0 Å². The number of hydrogen-bond acceptors (Lipinski definition) is 5. The summed E-state index contributed by atoms with van der Waals surface area (Å²) in [6.07, 6.45) is 0.198. The molecule has 1 heterocycles. The molecule has 0 saturated heterocycles. The zero-order valence-electron chi connectivity index (χ0n) is 14.2. The Balaban J connectivity index is 1.76. The van der Waals surface area contributed by atoms with E-state index in [-0.39, 0.29) is 15.6 Å². The summed E-state index contributed by atoms with van der Waals surface area (Å²) in [4.78, 5) is 28.4. The third-order valence-electron chi connectivity index (χ3n) is 3.48. The second-order valence-corrected chi connectivity index (χ2v) is 7.36. The summed E-state index contributed by atoms with van der Waals surface area (Å²) in [7, 11) is 0. The molecule has 0 fully saturated rings. The van der Waals surface area contributed by atoms with Crippen molar-refractivity contribution in [2.24, 2.45) is 0 Å². The highest BCUT2D eigenvalue weighted by Crippen LogP contribution is 2.30. The highest BCUT2D eigenvalue weighted by Gasteiger charge is 2.15. The van der Waals surface area contributed by atoms with E-state index < -0.39 is 12.0 Å². The Labute approximate surface area is 169 Å². The molecule has 0 saturated carbocycles. The Hall–Kier alpha value is -2.35. The van der Waals surface area contributed by atoms with Crippen LogP contribution in [0, 0.1) is 0 Å². The zero-order valence-corrected chi connectivity index (χ0v) is 16.5. The number of thiazole rings is 1. The van der Waals surface area contributed by atoms with E-state index in [0.29, 0.717) is 22.9 Å². The average Bonchev–Trinajstić information content (AvgIpc) is 3.01. The van der Waals surface area contributed by atoms with Crippen LogP contribution in [-0.4, -0.2) is 23.6 Å². The maximum atomic E-state index is 12.5. The van der Waals surface area contributed by atoms with Gasteiger partial charge in [0, 0.05) is 5.69 Å². The molecule has 0 unspecified atom stereocenters. The van der Waals surface area contributed by atoms with E-state index in [1.165, 1.54) is 11.3 Å². The Morgan fingerprint density at radius 1 is 1.15 bits per heavy atom. The number of hydrogen-bond donors (Lipinski definition) is 2. The monoisotopic (exact) mass is 423 g/mol. The fraction of sp³-hybridized carbons (Fsp3) is 0.167. The van der Waals surface area contributed by atoms with Crippen LogP contribution in [0.2, 0.25) is 10.0 Å². The molecule has 2 aromatic carbocycles. The summed E-state index contributed by atoms with van der Waals surface area (Å²) >= 11 is 13.4. The van der Waals surface area contributed by atoms with Crippen molar-refractivity contribution in [1.29, 1.82) is 0 Å². The van der Waals surface area contributed by atoms with E-state index in [1.807, 2.05) is 6.92 Å². The molecule has 0 bridgehead atoms. The minimum absolute atomic E-state index is 0.214. The van der Waals surface area contributed by atoms with Gasteiger partial charge in [-0.1, -0.05) is 47.5 Å². The van der Waals surface area contributed by atoms with Gasteiger partial charge in [-0.25, -0.2) is 9.78 Å². The summed E-state index contributed by atoms with van der Waals surface area (Å²) in [5.74, 6) is -0.407. The molecular formula is C18H15Cl2N3O3S.